The molecular weight excluding hydrogens is 392 g/mol. The molecule has 0 radical (unpaired) electrons. The van der Waals surface area contributed by atoms with Crippen LogP contribution in [0, 0.1) is 0 Å². The molecule has 6 heteroatoms. The summed E-state index contributed by atoms with van der Waals surface area (Å²) in [4.78, 5) is 27.0. The van der Waals surface area contributed by atoms with Crippen LogP contribution in [0.25, 0.3) is 6.08 Å². The zero-order valence-corrected chi connectivity index (χ0v) is 16.2. The summed E-state index contributed by atoms with van der Waals surface area (Å²) in [6, 6.07) is 24.3. The summed E-state index contributed by atoms with van der Waals surface area (Å²) in [5, 5.41) is 1.97. The summed E-state index contributed by atoms with van der Waals surface area (Å²) < 4.78 is 0. The van der Waals surface area contributed by atoms with Crippen LogP contribution in [-0.4, -0.2) is 11.8 Å². The van der Waals surface area contributed by atoms with E-state index in [-0.39, 0.29) is 11.5 Å². The number of nitrogens with zero attached hydrogens (tertiary/aromatic N) is 1. The average Bonchev–Trinajstić information content (AvgIpc) is 3.00. The monoisotopic (exact) mass is 406 g/mol. The highest BCUT2D eigenvalue weighted by atomic mass is 35.5. The zero-order chi connectivity index (χ0) is 19.5. The highest BCUT2D eigenvalue weighted by Gasteiger charge is 2.34. The fourth-order valence-electron chi connectivity index (χ4n) is 2.75. The molecule has 28 heavy (non-hydrogen) atoms. The van der Waals surface area contributed by atoms with Crippen molar-refractivity contribution >= 4 is 46.9 Å². The Morgan fingerprint density at radius 2 is 1.43 bits per heavy atom. The first-order valence-electron chi connectivity index (χ1n) is 8.56. The van der Waals surface area contributed by atoms with Crippen molar-refractivity contribution in [3.63, 3.8) is 0 Å². The number of nitrogens with one attached hydrogen (secondary N) is 1. The van der Waals surface area contributed by atoms with Crippen molar-refractivity contribution in [2.45, 2.75) is 9.79 Å². The molecule has 0 atom stereocenters. The molecular formula is C22H15ClN2O2S. The zero-order valence-electron chi connectivity index (χ0n) is 14.6. The molecule has 0 aromatic heterocycles. The lowest BCUT2D eigenvalue weighted by Crippen LogP contribution is -2.35. The van der Waals surface area contributed by atoms with Gasteiger partial charge in [0.2, 0.25) is 0 Å². The van der Waals surface area contributed by atoms with Crippen LogP contribution >= 0.6 is 23.4 Å². The second kappa shape index (κ2) is 7.92. The highest BCUT2D eigenvalue weighted by molar-refractivity contribution is 7.99. The van der Waals surface area contributed by atoms with Crippen LogP contribution in [0.3, 0.4) is 0 Å². The first-order chi connectivity index (χ1) is 13.6. The summed E-state index contributed by atoms with van der Waals surface area (Å²) in [5.41, 5.74) is 4.12. The van der Waals surface area contributed by atoms with Crippen molar-refractivity contribution in [1.29, 1.82) is 0 Å². The van der Waals surface area contributed by atoms with Crippen molar-refractivity contribution in [3.8, 4) is 0 Å². The number of hydrogen-bond acceptors (Lipinski definition) is 3. The summed E-state index contributed by atoms with van der Waals surface area (Å²) in [6.07, 6.45) is 1.61. The summed E-state index contributed by atoms with van der Waals surface area (Å²) in [6.45, 7) is 0. The molecule has 4 rings (SSSR count). The number of hydrogen-bond donors (Lipinski definition) is 1. The van der Waals surface area contributed by atoms with E-state index in [2.05, 4.69) is 5.43 Å². The van der Waals surface area contributed by atoms with Gasteiger partial charge in [0.15, 0.2) is 0 Å². The lowest BCUT2D eigenvalue weighted by Gasteiger charge is -2.13. The Bertz CT molecular complexity index is 1050. The van der Waals surface area contributed by atoms with Gasteiger partial charge in [-0.3, -0.25) is 15.0 Å². The summed E-state index contributed by atoms with van der Waals surface area (Å²) in [5.74, 6) is -0.774. The fraction of sp³-hybridized carbons (Fsp3) is 0. The van der Waals surface area contributed by atoms with Crippen molar-refractivity contribution in [1.82, 2.24) is 5.43 Å². The Labute approximate surface area is 171 Å². The minimum atomic E-state index is -0.409. The van der Waals surface area contributed by atoms with Crippen LogP contribution in [0.5, 0.6) is 0 Å². The number of rotatable bonds is 4. The van der Waals surface area contributed by atoms with Gasteiger partial charge < -0.3 is 0 Å². The quantitative estimate of drug-likeness (QED) is 0.492. The van der Waals surface area contributed by atoms with E-state index in [1.807, 2.05) is 66.7 Å². The predicted octanol–water partition coefficient (Wildman–Crippen LogP) is 4.95. The summed E-state index contributed by atoms with van der Waals surface area (Å²) >= 11 is 7.52. The molecule has 1 saturated heterocycles. The van der Waals surface area contributed by atoms with Gasteiger partial charge in [-0.2, -0.15) is 0 Å². The van der Waals surface area contributed by atoms with E-state index in [1.54, 1.807) is 30.0 Å². The van der Waals surface area contributed by atoms with Crippen molar-refractivity contribution in [2.75, 3.05) is 5.01 Å². The molecule has 1 N–H and O–H groups in total. The number of carbonyl (C=O) groups excluding carboxylic acids is 2. The number of amides is 2. The van der Waals surface area contributed by atoms with E-state index in [4.69, 9.17) is 11.6 Å². The molecule has 4 nitrogen and oxygen atoms in total. The number of halogens is 1. The molecule has 0 unspecified atom stereocenters. The maximum Gasteiger partial charge on any atom is 0.282 e. The Morgan fingerprint density at radius 1 is 0.821 bits per heavy atom. The van der Waals surface area contributed by atoms with E-state index in [0.717, 1.165) is 15.4 Å². The number of para-hydroxylation sites is 1. The van der Waals surface area contributed by atoms with Gasteiger partial charge >= 0.3 is 0 Å². The average molecular weight is 407 g/mol. The van der Waals surface area contributed by atoms with Crippen LogP contribution in [0.4, 0.5) is 5.69 Å². The second-order valence-corrected chi connectivity index (χ2v) is 7.68. The lowest BCUT2D eigenvalue weighted by atomic mass is 10.1. The van der Waals surface area contributed by atoms with Crippen LogP contribution in [0.2, 0.25) is 5.02 Å². The van der Waals surface area contributed by atoms with Crippen LogP contribution in [-0.2, 0) is 9.59 Å². The fourth-order valence-corrected chi connectivity index (χ4v) is 3.70. The van der Waals surface area contributed by atoms with E-state index in [1.165, 1.54) is 5.01 Å². The Hall–Kier alpha value is -3.02. The van der Waals surface area contributed by atoms with Gasteiger partial charge in [-0.25, -0.2) is 5.01 Å². The van der Waals surface area contributed by atoms with Gasteiger partial charge in [-0.15, -0.1) is 0 Å². The molecule has 1 heterocycles. The van der Waals surface area contributed by atoms with Crippen LogP contribution < -0.4 is 10.4 Å². The topological polar surface area (TPSA) is 49.4 Å². The van der Waals surface area contributed by atoms with E-state index >= 15 is 0 Å². The number of anilines is 1. The molecule has 0 spiro atoms. The Balaban J connectivity index is 1.51. The molecule has 3 aromatic rings. The van der Waals surface area contributed by atoms with Gasteiger partial charge in [0.25, 0.3) is 11.8 Å². The van der Waals surface area contributed by atoms with Crippen molar-refractivity contribution in [3.05, 3.63) is 95.0 Å². The third kappa shape index (κ3) is 3.96. The van der Waals surface area contributed by atoms with Gasteiger partial charge in [-0.05, 0) is 60.2 Å². The van der Waals surface area contributed by atoms with Crippen molar-refractivity contribution < 1.29 is 9.59 Å². The Morgan fingerprint density at radius 3 is 2.07 bits per heavy atom. The molecule has 3 aromatic carbocycles. The maximum atomic E-state index is 12.6. The minimum Gasteiger partial charge on any atom is -0.267 e. The first kappa shape index (κ1) is 18.3. The smallest absolute Gasteiger partial charge is 0.267 e. The molecule has 2 amide bonds. The van der Waals surface area contributed by atoms with Gasteiger partial charge in [-0.1, -0.05) is 53.7 Å². The molecule has 1 fully saturated rings. The standard InChI is InChI=1S/C22H15ClN2O2S/c23-16-8-12-19(13-9-16)28-18-10-6-15(7-11-18)14-20-21(26)24-25(22(20)27)17-4-2-1-3-5-17/h1-14H,(H,24,26). The third-order valence-corrected chi connectivity index (χ3v) is 5.41. The second-order valence-electron chi connectivity index (χ2n) is 6.10. The predicted molar refractivity (Wildman–Crippen MR) is 112 cm³/mol. The molecule has 138 valence electrons. The molecule has 0 saturated carbocycles. The minimum absolute atomic E-state index is 0.113. The van der Waals surface area contributed by atoms with E-state index in [0.29, 0.717) is 10.7 Å². The molecule has 0 aliphatic carbocycles. The Kier molecular flexibility index (Phi) is 5.19. The van der Waals surface area contributed by atoms with Gasteiger partial charge in [0.1, 0.15) is 5.57 Å². The largest absolute Gasteiger partial charge is 0.282 e. The summed E-state index contributed by atoms with van der Waals surface area (Å²) in [7, 11) is 0. The SMILES string of the molecule is O=C1NN(c2ccccc2)C(=O)C1=Cc1ccc(Sc2ccc(Cl)cc2)cc1. The van der Waals surface area contributed by atoms with Gasteiger partial charge in [0, 0.05) is 14.8 Å². The lowest BCUT2D eigenvalue weighted by molar-refractivity contribution is -0.117. The van der Waals surface area contributed by atoms with E-state index < -0.39 is 5.91 Å². The number of carbonyl (C=O) groups is 2. The number of hydrazine groups is 1. The van der Waals surface area contributed by atoms with Crippen LogP contribution in [0.15, 0.2) is 94.2 Å². The van der Waals surface area contributed by atoms with Crippen molar-refractivity contribution in [2.24, 2.45) is 0 Å². The normalized spacial score (nSPS) is 15.2. The molecule has 0 bridgehead atoms. The highest BCUT2D eigenvalue weighted by Crippen LogP contribution is 2.29. The first-order valence-corrected chi connectivity index (χ1v) is 9.75. The number of benzene rings is 3. The molecule has 1 aliphatic rings. The molecule has 1 aliphatic heterocycles. The maximum absolute atomic E-state index is 12.6. The van der Waals surface area contributed by atoms with E-state index in [9.17, 15) is 9.59 Å². The third-order valence-electron chi connectivity index (χ3n) is 4.15. The van der Waals surface area contributed by atoms with Gasteiger partial charge in [0.05, 0.1) is 5.69 Å². The van der Waals surface area contributed by atoms with Crippen LogP contribution in [0.1, 0.15) is 5.56 Å².